The standard InChI is InChI=1S/C13H20N2O4/c1-8-7-19-9(2)6-15(8)13(18)14-11-4-3-10(5-11)12(16)17/h3-4,8-11H,5-7H2,1-2H3,(H,14,18)(H,16,17). The van der Waals surface area contributed by atoms with Crippen molar-refractivity contribution in [1.29, 1.82) is 0 Å². The number of morpholine rings is 1. The second-order valence-electron chi connectivity index (χ2n) is 5.27. The van der Waals surface area contributed by atoms with Crippen LogP contribution in [0.2, 0.25) is 0 Å². The minimum atomic E-state index is -0.846. The number of carbonyl (C=O) groups is 2. The monoisotopic (exact) mass is 268 g/mol. The molecule has 2 aliphatic rings. The summed E-state index contributed by atoms with van der Waals surface area (Å²) in [6, 6.07) is -0.306. The minimum Gasteiger partial charge on any atom is -0.481 e. The van der Waals surface area contributed by atoms with Crippen LogP contribution in [0.3, 0.4) is 0 Å². The Morgan fingerprint density at radius 2 is 2.11 bits per heavy atom. The van der Waals surface area contributed by atoms with Crippen LogP contribution in [0.4, 0.5) is 4.79 Å². The first-order valence-corrected chi connectivity index (χ1v) is 6.57. The van der Waals surface area contributed by atoms with E-state index in [1.807, 2.05) is 13.8 Å². The topological polar surface area (TPSA) is 78.9 Å². The Kier molecular flexibility index (Phi) is 4.09. The molecule has 0 aromatic rings. The quantitative estimate of drug-likeness (QED) is 0.727. The molecule has 1 saturated heterocycles. The molecule has 0 bridgehead atoms. The highest BCUT2D eigenvalue weighted by Crippen LogP contribution is 2.19. The number of carbonyl (C=O) groups excluding carboxylic acids is 1. The molecule has 1 aliphatic heterocycles. The molecule has 6 heteroatoms. The molecule has 1 aliphatic carbocycles. The van der Waals surface area contributed by atoms with Gasteiger partial charge in [-0.05, 0) is 20.3 Å². The van der Waals surface area contributed by atoms with Crippen molar-refractivity contribution in [1.82, 2.24) is 10.2 Å². The Hall–Kier alpha value is -1.56. The van der Waals surface area contributed by atoms with Crippen LogP contribution in [0.5, 0.6) is 0 Å². The summed E-state index contributed by atoms with van der Waals surface area (Å²) in [6.07, 6.45) is 3.85. The normalized spacial score (nSPS) is 34.3. The predicted octanol–water partition coefficient (Wildman–Crippen LogP) is 0.834. The van der Waals surface area contributed by atoms with E-state index in [2.05, 4.69) is 5.32 Å². The summed E-state index contributed by atoms with van der Waals surface area (Å²) in [7, 11) is 0. The lowest BCUT2D eigenvalue weighted by atomic mass is 10.1. The van der Waals surface area contributed by atoms with E-state index in [9.17, 15) is 9.59 Å². The number of aliphatic carboxylic acids is 1. The van der Waals surface area contributed by atoms with Gasteiger partial charge in [0.1, 0.15) is 0 Å². The summed E-state index contributed by atoms with van der Waals surface area (Å²) in [6.45, 7) is 4.97. The zero-order valence-corrected chi connectivity index (χ0v) is 11.2. The molecule has 106 valence electrons. The third-order valence-corrected chi connectivity index (χ3v) is 3.58. The predicted molar refractivity (Wildman–Crippen MR) is 68.8 cm³/mol. The van der Waals surface area contributed by atoms with Gasteiger partial charge in [0.15, 0.2) is 0 Å². The maximum absolute atomic E-state index is 12.2. The van der Waals surface area contributed by atoms with Crippen molar-refractivity contribution < 1.29 is 19.4 Å². The number of hydrogen-bond donors (Lipinski definition) is 2. The molecule has 6 nitrogen and oxygen atoms in total. The van der Waals surface area contributed by atoms with Gasteiger partial charge in [0.05, 0.1) is 30.7 Å². The van der Waals surface area contributed by atoms with Crippen LogP contribution in [0.1, 0.15) is 20.3 Å². The average Bonchev–Trinajstić information content (AvgIpc) is 2.80. The molecular weight excluding hydrogens is 248 g/mol. The van der Waals surface area contributed by atoms with Crippen molar-refractivity contribution in [2.45, 2.75) is 38.5 Å². The first-order chi connectivity index (χ1) is 8.97. The highest BCUT2D eigenvalue weighted by Gasteiger charge is 2.30. The van der Waals surface area contributed by atoms with Gasteiger partial charge in [-0.25, -0.2) is 4.79 Å². The van der Waals surface area contributed by atoms with Crippen molar-refractivity contribution in [3.05, 3.63) is 12.2 Å². The van der Waals surface area contributed by atoms with E-state index in [4.69, 9.17) is 9.84 Å². The van der Waals surface area contributed by atoms with E-state index in [1.165, 1.54) is 0 Å². The summed E-state index contributed by atoms with van der Waals surface area (Å²) in [5.41, 5.74) is 0. The fourth-order valence-electron chi connectivity index (χ4n) is 2.42. The van der Waals surface area contributed by atoms with E-state index >= 15 is 0 Å². The van der Waals surface area contributed by atoms with Gasteiger partial charge in [0.25, 0.3) is 0 Å². The second kappa shape index (κ2) is 5.61. The van der Waals surface area contributed by atoms with E-state index in [-0.39, 0.29) is 24.2 Å². The fraction of sp³-hybridized carbons (Fsp3) is 0.692. The van der Waals surface area contributed by atoms with Crippen LogP contribution in [0.15, 0.2) is 12.2 Å². The highest BCUT2D eigenvalue weighted by atomic mass is 16.5. The third-order valence-electron chi connectivity index (χ3n) is 3.58. The number of hydrogen-bond acceptors (Lipinski definition) is 3. The van der Waals surface area contributed by atoms with Crippen molar-refractivity contribution >= 4 is 12.0 Å². The number of amides is 2. The molecule has 0 saturated carbocycles. The molecule has 2 amide bonds. The molecule has 1 fully saturated rings. The maximum Gasteiger partial charge on any atom is 0.318 e. The number of carboxylic acids is 1. The summed E-state index contributed by atoms with van der Waals surface area (Å²) in [5, 5.41) is 11.8. The molecule has 0 radical (unpaired) electrons. The number of urea groups is 1. The summed E-state index contributed by atoms with van der Waals surface area (Å²) in [4.78, 5) is 24.7. The largest absolute Gasteiger partial charge is 0.481 e. The van der Waals surface area contributed by atoms with Gasteiger partial charge >= 0.3 is 12.0 Å². The lowest BCUT2D eigenvalue weighted by Crippen LogP contribution is -2.55. The van der Waals surface area contributed by atoms with Gasteiger partial charge in [-0.15, -0.1) is 0 Å². The third kappa shape index (κ3) is 3.26. The molecule has 0 spiro atoms. The second-order valence-corrected chi connectivity index (χ2v) is 5.27. The van der Waals surface area contributed by atoms with Crippen molar-refractivity contribution in [3.63, 3.8) is 0 Å². The molecule has 0 aromatic heterocycles. The first-order valence-electron chi connectivity index (χ1n) is 6.57. The first kappa shape index (κ1) is 13.9. The fourth-order valence-corrected chi connectivity index (χ4v) is 2.42. The Balaban J connectivity index is 1.88. The lowest BCUT2D eigenvalue weighted by Gasteiger charge is -2.37. The molecule has 19 heavy (non-hydrogen) atoms. The van der Waals surface area contributed by atoms with Gasteiger partial charge in [-0.3, -0.25) is 4.79 Å². The van der Waals surface area contributed by atoms with Gasteiger partial charge in [-0.2, -0.15) is 0 Å². The summed E-state index contributed by atoms with van der Waals surface area (Å²) < 4.78 is 5.48. The highest BCUT2D eigenvalue weighted by molar-refractivity contribution is 5.76. The van der Waals surface area contributed by atoms with Gasteiger partial charge < -0.3 is 20.1 Å². The molecule has 2 N–H and O–H groups in total. The van der Waals surface area contributed by atoms with Crippen LogP contribution in [-0.2, 0) is 9.53 Å². The number of carboxylic acid groups (broad SMARTS) is 1. The van der Waals surface area contributed by atoms with Crippen molar-refractivity contribution in [2.24, 2.45) is 5.92 Å². The van der Waals surface area contributed by atoms with E-state index in [0.717, 1.165) is 0 Å². The van der Waals surface area contributed by atoms with Gasteiger partial charge in [0.2, 0.25) is 0 Å². The smallest absolute Gasteiger partial charge is 0.318 e. The van der Waals surface area contributed by atoms with Crippen LogP contribution in [0, 0.1) is 5.92 Å². The SMILES string of the molecule is CC1CN(C(=O)NC2C=CC(C(=O)O)C2)C(C)CO1. The Morgan fingerprint density at radius 1 is 1.37 bits per heavy atom. The van der Waals surface area contributed by atoms with Gasteiger partial charge in [0, 0.05) is 6.54 Å². The van der Waals surface area contributed by atoms with Crippen LogP contribution >= 0.6 is 0 Å². The number of ether oxygens (including phenoxy) is 1. The van der Waals surface area contributed by atoms with Crippen LogP contribution < -0.4 is 5.32 Å². The molecule has 2 rings (SSSR count). The summed E-state index contributed by atoms with van der Waals surface area (Å²) >= 11 is 0. The molecule has 4 unspecified atom stereocenters. The zero-order chi connectivity index (χ0) is 14.0. The van der Waals surface area contributed by atoms with Gasteiger partial charge in [-0.1, -0.05) is 12.2 Å². The lowest BCUT2D eigenvalue weighted by molar-refractivity contribution is -0.140. The van der Waals surface area contributed by atoms with E-state index < -0.39 is 11.9 Å². The summed E-state index contributed by atoms with van der Waals surface area (Å²) in [5.74, 6) is -1.34. The van der Waals surface area contributed by atoms with Crippen LogP contribution in [-0.4, -0.2) is 53.3 Å². The molecule has 0 aromatic carbocycles. The van der Waals surface area contributed by atoms with E-state index in [0.29, 0.717) is 19.6 Å². The number of nitrogens with zero attached hydrogens (tertiary/aromatic N) is 1. The van der Waals surface area contributed by atoms with Crippen molar-refractivity contribution in [2.75, 3.05) is 13.2 Å². The average molecular weight is 268 g/mol. The zero-order valence-electron chi connectivity index (χ0n) is 11.2. The Bertz CT molecular complexity index is 396. The molecule has 1 heterocycles. The Labute approximate surface area is 112 Å². The molecule has 4 atom stereocenters. The van der Waals surface area contributed by atoms with Crippen molar-refractivity contribution in [3.8, 4) is 0 Å². The number of nitrogens with one attached hydrogen (secondary N) is 1. The van der Waals surface area contributed by atoms with E-state index in [1.54, 1.807) is 17.1 Å². The number of rotatable bonds is 2. The minimum absolute atomic E-state index is 0.0350. The Morgan fingerprint density at radius 3 is 2.74 bits per heavy atom. The van der Waals surface area contributed by atoms with Crippen LogP contribution in [0.25, 0.3) is 0 Å². The maximum atomic E-state index is 12.2. The molecular formula is C13H20N2O4.